The summed E-state index contributed by atoms with van der Waals surface area (Å²) < 4.78 is 11.3. The monoisotopic (exact) mass is 314 g/mol. The average Bonchev–Trinajstić information content (AvgIpc) is 2.36. The molecule has 0 aromatic carbocycles. The fourth-order valence-corrected chi connectivity index (χ4v) is 2.77. The highest BCUT2D eigenvalue weighted by molar-refractivity contribution is 5.68. The van der Waals surface area contributed by atoms with Crippen molar-refractivity contribution in [1.82, 2.24) is 10.6 Å². The first kappa shape index (κ1) is 19.2. The number of methoxy groups -OCH3 is 1. The summed E-state index contributed by atoms with van der Waals surface area (Å²) in [6, 6.07) is 0.000370. The SMILES string of the molecule is COC1(CC(NC(=O)OC(C)(C)C)C(C)(C)C)CCNCC1. The minimum Gasteiger partial charge on any atom is -0.444 e. The Labute approximate surface area is 135 Å². The van der Waals surface area contributed by atoms with Crippen LogP contribution >= 0.6 is 0 Å². The van der Waals surface area contributed by atoms with Gasteiger partial charge in [0.1, 0.15) is 5.60 Å². The maximum Gasteiger partial charge on any atom is 0.407 e. The van der Waals surface area contributed by atoms with Crippen molar-refractivity contribution in [3.05, 3.63) is 0 Å². The number of rotatable bonds is 4. The van der Waals surface area contributed by atoms with Crippen molar-refractivity contribution in [3.8, 4) is 0 Å². The summed E-state index contributed by atoms with van der Waals surface area (Å²) in [6.45, 7) is 14.0. The molecule has 1 aliphatic heterocycles. The molecule has 1 saturated heterocycles. The molecule has 1 atom stereocenters. The molecule has 1 amide bonds. The molecule has 0 bridgehead atoms. The number of amides is 1. The van der Waals surface area contributed by atoms with Crippen LogP contribution in [-0.4, -0.2) is 43.5 Å². The smallest absolute Gasteiger partial charge is 0.407 e. The van der Waals surface area contributed by atoms with E-state index in [9.17, 15) is 4.79 Å². The second-order valence-electron chi connectivity index (χ2n) is 8.41. The number of ether oxygens (including phenoxy) is 2. The van der Waals surface area contributed by atoms with Crippen molar-refractivity contribution < 1.29 is 14.3 Å². The van der Waals surface area contributed by atoms with Gasteiger partial charge in [0.2, 0.25) is 0 Å². The highest BCUT2D eigenvalue weighted by Crippen LogP contribution is 2.33. The van der Waals surface area contributed by atoms with Crippen molar-refractivity contribution in [1.29, 1.82) is 0 Å². The summed E-state index contributed by atoms with van der Waals surface area (Å²) >= 11 is 0. The maximum atomic E-state index is 12.2. The quantitative estimate of drug-likeness (QED) is 0.837. The standard InChI is InChI=1S/C17H34N2O3/c1-15(2,3)13(19-14(20)22-16(4,5)6)12-17(21-7)8-10-18-11-9-17/h13,18H,8-12H2,1-7H3,(H,19,20). The Balaban J connectivity index is 2.78. The minimum absolute atomic E-state index is 0.000370. The lowest BCUT2D eigenvalue weighted by atomic mass is 9.76. The molecule has 2 N–H and O–H groups in total. The van der Waals surface area contributed by atoms with Gasteiger partial charge in [0.15, 0.2) is 0 Å². The minimum atomic E-state index is -0.486. The van der Waals surface area contributed by atoms with E-state index in [2.05, 4.69) is 31.4 Å². The lowest BCUT2D eigenvalue weighted by molar-refractivity contribution is -0.0556. The van der Waals surface area contributed by atoms with Gasteiger partial charge in [0.05, 0.1) is 5.60 Å². The number of carbonyl (C=O) groups is 1. The number of hydrogen-bond donors (Lipinski definition) is 2. The molecule has 0 aliphatic carbocycles. The van der Waals surface area contributed by atoms with Crippen molar-refractivity contribution in [2.24, 2.45) is 5.41 Å². The van der Waals surface area contributed by atoms with E-state index in [-0.39, 0.29) is 23.2 Å². The van der Waals surface area contributed by atoms with E-state index >= 15 is 0 Å². The Morgan fingerprint density at radius 1 is 1.18 bits per heavy atom. The van der Waals surface area contributed by atoms with Gasteiger partial charge < -0.3 is 20.1 Å². The Bertz CT molecular complexity index is 363. The number of hydrogen-bond acceptors (Lipinski definition) is 4. The van der Waals surface area contributed by atoms with Gasteiger partial charge in [-0.2, -0.15) is 0 Å². The van der Waals surface area contributed by atoms with Crippen LogP contribution in [0.15, 0.2) is 0 Å². The van der Waals surface area contributed by atoms with E-state index in [1.54, 1.807) is 7.11 Å². The van der Waals surface area contributed by atoms with Gasteiger partial charge in [0.25, 0.3) is 0 Å². The number of carbonyl (C=O) groups excluding carboxylic acids is 1. The summed E-state index contributed by atoms with van der Waals surface area (Å²) in [4.78, 5) is 12.2. The zero-order valence-electron chi connectivity index (χ0n) is 15.3. The van der Waals surface area contributed by atoms with Crippen molar-refractivity contribution in [2.75, 3.05) is 20.2 Å². The summed E-state index contributed by atoms with van der Waals surface area (Å²) in [5, 5.41) is 6.42. The third kappa shape index (κ3) is 6.13. The second kappa shape index (κ2) is 7.18. The van der Waals surface area contributed by atoms with Crippen LogP contribution in [0.3, 0.4) is 0 Å². The summed E-state index contributed by atoms with van der Waals surface area (Å²) in [7, 11) is 1.78. The number of nitrogens with one attached hydrogen (secondary N) is 2. The number of alkyl carbamates (subject to hydrolysis) is 1. The van der Waals surface area contributed by atoms with Crippen LogP contribution in [0.5, 0.6) is 0 Å². The van der Waals surface area contributed by atoms with Gasteiger partial charge >= 0.3 is 6.09 Å². The van der Waals surface area contributed by atoms with Gasteiger partial charge in [-0.05, 0) is 58.5 Å². The summed E-state index contributed by atoms with van der Waals surface area (Å²) in [6.07, 6.45) is 2.37. The first-order chi connectivity index (χ1) is 9.97. The molecule has 0 saturated carbocycles. The highest BCUT2D eigenvalue weighted by Gasteiger charge is 2.39. The van der Waals surface area contributed by atoms with Crippen LogP contribution in [0.1, 0.15) is 60.8 Å². The van der Waals surface area contributed by atoms with Crippen molar-refractivity contribution >= 4 is 6.09 Å². The molecule has 1 unspecified atom stereocenters. The largest absolute Gasteiger partial charge is 0.444 e. The van der Waals surface area contributed by atoms with Crippen LogP contribution in [-0.2, 0) is 9.47 Å². The third-order valence-corrected chi connectivity index (χ3v) is 4.26. The van der Waals surface area contributed by atoms with E-state index in [1.165, 1.54) is 0 Å². The molecular formula is C17H34N2O3. The fourth-order valence-electron chi connectivity index (χ4n) is 2.77. The highest BCUT2D eigenvalue weighted by atomic mass is 16.6. The molecule has 0 aromatic heterocycles. The van der Waals surface area contributed by atoms with Crippen molar-refractivity contribution in [3.63, 3.8) is 0 Å². The van der Waals surface area contributed by atoms with E-state index in [0.29, 0.717) is 0 Å². The van der Waals surface area contributed by atoms with E-state index < -0.39 is 5.60 Å². The van der Waals surface area contributed by atoms with Gasteiger partial charge in [0, 0.05) is 13.2 Å². The van der Waals surface area contributed by atoms with Gasteiger partial charge in [-0.1, -0.05) is 20.8 Å². The van der Waals surface area contributed by atoms with Crippen LogP contribution in [0.25, 0.3) is 0 Å². The average molecular weight is 314 g/mol. The molecule has 5 heteroatoms. The van der Waals surface area contributed by atoms with Crippen LogP contribution in [0.4, 0.5) is 4.79 Å². The Kier molecular flexibility index (Phi) is 6.27. The van der Waals surface area contributed by atoms with Crippen molar-refractivity contribution in [2.45, 2.75) is 78.0 Å². The zero-order valence-corrected chi connectivity index (χ0v) is 15.3. The van der Waals surface area contributed by atoms with Crippen LogP contribution in [0, 0.1) is 5.41 Å². The fraction of sp³-hybridized carbons (Fsp3) is 0.941. The molecule has 0 spiro atoms. The first-order valence-corrected chi connectivity index (χ1v) is 8.23. The molecule has 1 fully saturated rings. The third-order valence-electron chi connectivity index (χ3n) is 4.26. The molecule has 1 heterocycles. The van der Waals surface area contributed by atoms with Crippen LogP contribution in [0.2, 0.25) is 0 Å². The lowest BCUT2D eigenvalue weighted by Crippen LogP contribution is -2.53. The second-order valence-corrected chi connectivity index (χ2v) is 8.41. The van der Waals surface area contributed by atoms with Gasteiger partial charge in [-0.3, -0.25) is 0 Å². The molecule has 22 heavy (non-hydrogen) atoms. The molecule has 130 valence electrons. The normalized spacial score (nSPS) is 20.3. The molecule has 0 aromatic rings. The molecule has 1 rings (SSSR count). The van der Waals surface area contributed by atoms with E-state index in [1.807, 2.05) is 20.8 Å². The van der Waals surface area contributed by atoms with Gasteiger partial charge in [-0.25, -0.2) is 4.79 Å². The summed E-state index contributed by atoms with van der Waals surface area (Å²) in [5.74, 6) is 0. The predicted octanol–water partition coefficient (Wildman–Crippen LogP) is 3.08. The van der Waals surface area contributed by atoms with Crippen LogP contribution < -0.4 is 10.6 Å². The maximum absolute atomic E-state index is 12.2. The van der Waals surface area contributed by atoms with E-state index in [0.717, 1.165) is 32.4 Å². The van der Waals surface area contributed by atoms with E-state index in [4.69, 9.17) is 9.47 Å². The Hall–Kier alpha value is -0.810. The number of piperidine rings is 1. The topological polar surface area (TPSA) is 59.6 Å². The molecule has 5 nitrogen and oxygen atoms in total. The Morgan fingerprint density at radius 2 is 1.73 bits per heavy atom. The molecular weight excluding hydrogens is 280 g/mol. The summed E-state index contributed by atoms with van der Waals surface area (Å²) in [5.41, 5.74) is -0.717. The molecule has 1 aliphatic rings. The Morgan fingerprint density at radius 3 is 2.14 bits per heavy atom. The lowest BCUT2D eigenvalue weighted by Gasteiger charge is -2.42. The first-order valence-electron chi connectivity index (χ1n) is 8.23. The predicted molar refractivity (Wildman–Crippen MR) is 89.1 cm³/mol. The molecule has 0 radical (unpaired) electrons. The zero-order chi connectivity index (χ0) is 17.0. The van der Waals surface area contributed by atoms with Gasteiger partial charge in [-0.15, -0.1) is 0 Å².